The number of sulfonamides is 1. The highest BCUT2D eigenvalue weighted by Crippen LogP contribution is 2.22. The van der Waals surface area contributed by atoms with Gasteiger partial charge in [-0.3, -0.25) is 9.69 Å². The van der Waals surface area contributed by atoms with E-state index >= 15 is 0 Å². The summed E-state index contributed by atoms with van der Waals surface area (Å²) in [4.78, 5) is 16.1. The Kier molecular flexibility index (Phi) is 6.86. The van der Waals surface area contributed by atoms with Crippen molar-refractivity contribution in [3.8, 4) is 0 Å². The summed E-state index contributed by atoms with van der Waals surface area (Å²) in [6, 6.07) is 6.63. The van der Waals surface area contributed by atoms with E-state index in [0.29, 0.717) is 26.1 Å². The summed E-state index contributed by atoms with van der Waals surface area (Å²) in [6.07, 6.45) is 5.59. The van der Waals surface area contributed by atoms with Gasteiger partial charge in [-0.25, -0.2) is 13.1 Å². The van der Waals surface area contributed by atoms with Gasteiger partial charge in [0, 0.05) is 37.8 Å². The zero-order valence-corrected chi connectivity index (χ0v) is 16.5. The third-order valence-electron chi connectivity index (χ3n) is 5.43. The molecule has 0 aliphatic carbocycles. The molecule has 2 saturated heterocycles. The van der Waals surface area contributed by atoms with Crippen LogP contribution in [0.3, 0.4) is 0 Å². The molecule has 1 aromatic carbocycles. The molecule has 0 bridgehead atoms. The van der Waals surface area contributed by atoms with Gasteiger partial charge >= 0.3 is 0 Å². The third-order valence-corrected chi connectivity index (χ3v) is 6.91. The Morgan fingerprint density at radius 3 is 2.52 bits per heavy atom. The average Bonchev–Trinajstić information content (AvgIpc) is 2.69. The molecular formula is C19H29N3O4S. The van der Waals surface area contributed by atoms with Crippen molar-refractivity contribution < 1.29 is 18.3 Å². The predicted octanol–water partition coefficient (Wildman–Crippen LogP) is 1.33. The maximum absolute atomic E-state index is 12.5. The third kappa shape index (κ3) is 5.07. The lowest BCUT2D eigenvalue weighted by Gasteiger charge is -2.34. The van der Waals surface area contributed by atoms with Crippen molar-refractivity contribution in [3.05, 3.63) is 24.3 Å². The number of nitrogens with zero attached hydrogens (tertiary/aromatic N) is 2. The molecular weight excluding hydrogens is 366 g/mol. The van der Waals surface area contributed by atoms with E-state index in [1.54, 1.807) is 29.2 Å². The minimum atomic E-state index is -3.59. The Labute approximate surface area is 161 Å². The summed E-state index contributed by atoms with van der Waals surface area (Å²) in [7, 11) is -3.59. The number of aliphatic hydroxyl groups excluding tert-OH is 1. The van der Waals surface area contributed by atoms with Crippen LogP contribution in [0.15, 0.2) is 29.2 Å². The molecule has 0 saturated carbocycles. The number of piperidine rings is 2. The van der Waals surface area contributed by atoms with Crippen molar-refractivity contribution in [1.82, 2.24) is 9.62 Å². The molecule has 7 nitrogen and oxygen atoms in total. The normalized spacial score (nSPS) is 22.2. The Morgan fingerprint density at radius 2 is 1.81 bits per heavy atom. The highest BCUT2D eigenvalue weighted by atomic mass is 32.2. The SMILES string of the molecule is O=C1CCCCN1c1ccc(S(=O)(=O)NCCN2CCCC[C@@H]2CO)cc1. The van der Waals surface area contributed by atoms with Crippen LogP contribution in [0, 0.1) is 0 Å². The van der Waals surface area contributed by atoms with Gasteiger partial charge in [0.2, 0.25) is 15.9 Å². The molecule has 1 aromatic rings. The van der Waals surface area contributed by atoms with Crippen LogP contribution in [0.2, 0.25) is 0 Å². The van der Waals surface area contributed by atoms with Gasteiger partial charge < -0.3 is 10.0 Å². The summed E-state index contributed by atoms with van der Waals surface area (Å²) in [5.74, 6) is 0.0925. The molecule has 0 unspecified atom stereocenters. The van der Waals surface area contributed by atoms with E-state index in [2.05, 4.69) is 9.62 Å². The van der Waals surface area contributed by atoms with E-state index in [-0.39, 0.29) is 23.5 Å². The van der Waals surface area contributed by atoms with Gasteiger partial charge in [-0.2, -0.15) is 0 Å². The van der Waals surface area contributed by atoms with E-state index in [9.17, 15) is 18.3 Å². The van der Waals surface area contributed by atoms with Gasteiger partial charge in [0.15, 0.2) is 0 Å². The Bertz CT molecular complexity index is 736. The smallest absolute Gasteiger partial charge is 0.240 e. The Hall–Kier alpha value is -1.48. The number of hydrogen-bond donors (Lipinski definition) is 2. The van der Waals surface area contributed by atoms with Crippen LogP contribution in [0.5, 0.6) is 0 Å². The number of anilines is 1. The highest BCUT2D eigenvalue weighted by Gasteiger charge is 2.23. The van der Waals surface area contributed by atoms with Gasteiger partial charge in [-0.1, -0.05) is 6.42 Å². The first-order valence-corrected chi connectivity index (χ1v) is 11.2. The minimum absolute atomic E-state index is 0.0925. The summed E-state index contributed by atoms with van der Waals surface area (Å²) in [5, 5.41) is 9.44. The number of benzene rings is 1. The van der Waals surface area contributed by atoms with Gasteiger partial charge in [0.25, 0.3) is 0 Å². The van der Waals surface area contributed by atoms with Crippen LogP contribution in [-0.4, -0.2) is 63.2 Å². The first-order valence-electron chi connectivity index (χ1n) is 9.76. The van der Waals surface area contributed by atoms with E-state index in [0.717, 1.165) is 44.3 Å². The van der Waals surface area contributed by atoms with Crippen molar-refractivity contribution in [2.24, 2.45) is 0 Å². The van der Waals surface area contributed by atoms with Crippen LogP contribution in [0.4, 0.5) is 5.69 Å². The maximum Gasteiger partial charge on any atom is 0.240 e. The molecule has 0 spiro atoms. The van der Waals surface area contributed by atoms with Crippen molar-refractivity contribution >= 4 is 21.6 Å². The Balaban J connectivity index is 1.57. The summed E-state index contributed by atoms with van der Waals surface area (Å²) >= 11 is 0. The molecule has 0 aromatic heterocycles. The topological polar surface area (TPSA) is 90.0 Å². The fourth-order valence-corrected chi connectivity index (χ4v) is 4.87. The molecule has 0 radical (unpaired) electrons. The fraction of sp³-hybridized carbons (Fsp3) is 0.632. The number of hydrogen-bond acceptors (Lipinski definition) is 5. The van der Waals surface area contributed by atoms with E-state index < -0.39 is 10.0 Å². The highest BCUT2D eigenvalue weighted by molar-refractivity contribution is 7.89. The molecule has 2 heterocycles. The van der Waals surface area contributed by atoms with Crippen molar-refractivity contribution in [3.63, 3.8) is 0 Å². The number of amides is 1. The quantitative estimate of drug-likeness (QED) is 0.727. The number of rotatable bonds is 7. The minimum Gasteiger partial charge on any atom is -0.395 e. The first kappa shape index (κ1) is 20.3. The molecule has 27 heavy (non-hydrogen) atoms. The molecule has 1 amide bonds. The number of carbonyl (C=O) groups excluding carboxylic acids is 1. The second kappa shape index (κ2) is 9.14. The average molecular weight is 396 g/mol. The number of aliphatic hydroxyl groups is 1. The second-order valence-corrected chi connectivity index (χ2v) is 9.03. The lowest BCUT2D eigenvalue weighted by atomic mass is 10.0. The molecule has 150 valence electrons. The van der Waals surface area contributed by atoms with Crippen LogP contribution < -0.4 is 9.62 Å². The van der Waals surface area contributed by atoms with Crippen LogP contribution in [0.25, 0.3) is 0 Å². The van der Waals surface area contributed by atoms with Crippen molar-refractivity contribution in [2.75, 3.05) is 37.7 Å². The predicted molar refractivity (Wildman–Crippen MR) is 104 cm³/mol. The molecule has 3 rings (SSSR count). The second-order valence-electron chi connectivity index (χ2n) is 7.26. The van der Waals surface area contributed by atoms with Crippen molar-refractivity contribution in [1.29, 1.82) is 0 Å². The fourth-order valence-electron chi connectivity index (χ4n) is 3.85. The molecule has 1 atom stereocenters. The lowest BCUT2D eigenvalue weighted by Crippen LogP contribution is -2.45. The van der Waals surface area contributed by atoms with Gasteiger partial charge in [-0.05, 0) is 56.5 Å². The maximum atomic E-state index is 12.5. The van der Waals surface area contributed by atoms with E-state index in [4.69, 9.17) is 0 Å². The van der Waals surface area contributed by atoms with Gasteiger partial charge in [0.05, 0.1) is 11.5 Å². The van der Waals surface area contributed by atoms with Crippen LogP contribution in [0.1, 0.15) is 38.5 Å². The molecule has 2 N–H and O–H groups in total. The Morgan fingerprint density at radius 1 is 1.07 bits per heavy atom. The zero-order chi connectivity index (χ0) is 19.3. The van der Waals surface area contributed by atoms with Crippen molar-refractivity contribution in [2.45, 2.75) is 49.5 Å². The van der Waals surface area contributed by atoms with E-state index in [1.807, 2.05) is 0 Å². The number of likely N-dealkylation sites (tertiary alicyclic amines) is 1. The van der Waals surface area contributed by atoms with Crippen LogP contribution >= 0.6 is 0 Å². The largest absolute Gasteiger partial charge is 0.395 e. The van der Waals surface area contributed by atoms with Gasteiger partial charge in [0.1, 0.15) is 0 Å². The lowest BCUT2D eigenvalue weighted by molar-refractivity contribution is -0.119. The standard InChI is InChI=1S/C19H29N3O4S/c23-15-17-5-1-3-12-21(17)14-11-20-27(25,26)18-9-7-16(8-10-18)22-13-4-2-6-19(22)24/h7-10,17,20,23H,1-6,11-15H2/t17-/m1/s1. The zero-order valence-electron chi connectivity index (χ0n) is 15.6. The number of carbonyl (C=O) groups is 1. The summed E-state index contributed by atoms with van der Waals surface area (Å²) < 4.78 is 27.7. The molecule has 2 aliphatic heterocycles. The van der Waals surface area contributed by atoms with Gasteiger partial charge in [-0.15, -0.1) is 0 Å². The molecule has 2 fully saturated rings. The molecule has 2 aliphatic rings. The number of nitrogens with one attached hydrogen (secondary N) is 1. The summed E-state index contributed by atoms with van der Waals surface area (Å²) in [5.41, 5.74) is 0.748. The summed E-state index contributed by atoms with van der Waals surface area (Å²) in [6.45, 7) is 2.59. The monoisotopic (exact) mass is 395 g/mol. The first-order chi connectivity index (χ1) is 13.0. The van der Waals surface area contributed by atoms with Crippen LogP contribution in [-0.2, 0) is 14.8 Å². The van der Waals surface area contributed by atoms with E-state index in [1.165, 1.54) is 0 Å². The molecule has 8 heteroatoms.